The van der Waals surface area contributed by atoms with E-state index in [9.17, 15) is 14.7 Å². The lowest BCUT2D eigenvalue weighted by Crippen LogP contribution is -2.15. The van der Waals surface area contributed by atoms with Crippen LogP contribution in [0.2, 0.25) is 0 Å². The van der Waals surface area contributed by atoms with Gasteiger partial charge in [0.2, 0.25) is 0 Å². The highest BCUT2D eigenvalue weighted by atomic mass is 16.4. The summed E-state index contributed by atoms with van der Waals surface area (Å²) in [6, 6.07) is 6.36. The molecule has 0 atom stereocenters. The largest absolute Gasteiger partial charge is 0.478 e. The van der Waals surface area contributed by atoms with Crippen LogP contribution in [-0.2, 0) is 6.42 Å². The predicted octanol–water partition coefficient (Wildman–Crippen LogP) is 6.31. The minimum atomic E-state index is -1.01. The number of nitrogens with one attached hydrogen (secondary N) is 2. The molecular weight excluding hydrogens is 402 g/mol. The average Bonchev–Trinajstić information content (AvgIpc) is 3.07. The van der Waals surface area contributed by atoms with Crippen molar-refractivity contribution in [1.29, 1.82) is 0 Å². The van der Waals surface area contributed by atoms with Crippen molar-refractivity contribution in [1.82, 2.24) is 9.97 Å². The van der Waals surface area contributed by atoms with Crippen LogP contribution in [0.25, 0.3) is 0 Å². The predicted molar refractivity (Wildman–Crippen MR) is 125 cm³/mol. The Balaban J connectivity index is 1.52. The number of aryl methyl sites for hydroxylation is 1. The van der Waals surface area contributed by atoms with Gasteiger partial charge >= 0.3 is 5.97 Å². The first-order valence-electron chi connectivity index (χ1n) is 12.3. The van der Waals surface area contributed by atoms with E-state index in [1.165, 1.54) is 69.9 Å². The normalized spacial score (nSPS) is 18.2. The van der Waals surface area contributed by atoms with Crippen LogP contribution in [0.5, 0.6) is 0 Å². The first-order valence-corrected chi connectivity index (χ1v) is 12.3. The average molecular weight is 438 g/mol. The molecule has 0 unspecified atom stereocenters. The molecule has 1 aromatic heterocycles. The van der Waals surface area contributed by atoms with Crippen LogP contribution in [0.4, 0.5) is 5.69 Å². The summed E-state index contributed by atoms with van der Waals surface area (Å²) >= 11 is 0. The number of carbonyl (C=O) groups excluding carboxylic acids is 1. The third-order valence-electron chi connectivity index (χ3n) is 7.15. The maximum Gasteiger partial charge on any atom is 0.335 e. The summed E-state index contributed by atoms with van der Waals surface area (Å²) in [4.78, 5) is 32.8. The molecule has 6 heteroatoms. The Kier molecular flexibility index (Phi) is 7.61. The summed E-state index contributed by atoms with van der Waals surface area (Å²) in [6.07, 6.45) is 15.8. The van der Waals surface area contributed by atoms with Gasteiger partial charge in [-0.05, 0) is 49.8 Å². The summed E-state index contributed by atoms with van der Waals surface area (Å²) in [5, 5.41) is 12.1. The standard InChI is InChI=1S/C26H35N3O3/c30-25(27-21-14-8-13-20(17-21)26(31)32)23-22(16-15-18-9-4-1-2-5-10-18)28-24(29-23)19-11-6-3-7-12-19/h8,13-14,17-19H,1-7,9-12,15-16H2,(H,27,30)(H,28,29)(H,31,32). The zero-order valence-electron chi connectivity index (χ0n) is 18.9. The number of carbonyl (C=O) groups is 2. The van der Waals surface area contributed by atoms with Crippen LogP contribution in [0.1, 0.15) is 115 Å². The van der Waals surface area contributed by atoms with Crippen LogP contribution in [0.15, 0.2) is 24.3 Å². The van der Waals surface area contributed by atoms with Gasteiger partial charge in [-0.2, -0.15) is 0 Å². The van der Waals surface area contributed by atoms with Crippen LogP contribution in [-0.4, -0.2) is 27.0 Å². The molecule has 2 aliphatic carbocycles. The molecule has 1 heterocycles. The van der Waals surface area contributed by atoms with Crippen LogP contribution < -0.4 is 5.32 Å². The van der Waals surface area contributed by atoms with E-state index in [-0.39, 0.29) is 11.5 Å². The van der Waals surface area contributed by atoms with Gasteiger partial charge in [0.1, 0.15) is 11.5 Å². The molecule has 2 aromatic rings. The number of amides is 1. The van der Waals surface area contributed by atoms with Crippen molar-refractivity contribution in [3.05, 3.63) is 47.0 Å². The molecule has 172 valence electrons. The number of carboxylic acids is 1. The van der Waals surface area contributed by atoms with E-state index >= 15 is 0 Å². The second-order valence-electron chi connectivity index (χ2n) is 9.52. The van der Waals surface area contributed by atoms with Crippen molar-refractivity contribution in [2.24, 2.45) is 5.92 Å². The van der Waals surface area contributed by atoms with Gasteiger partial charge in [0, 0.05) is 17.3 Å². The molecule has 2 aliphatic rings. The molecule has 6 nitrogen and oxygen atoms in total. The molecular formula is C26H35N3O3. The molecule has 0 aliphatic heterocycles. The summed E-state index contributed by atoms with van der Waals surface area (Å²) in [5.41, 5.74) is 2.04. The Morgan fingerprint density at radius 3 is 2.41 bits per heavy atom. The van der Waals surface area contributed by atoms with E-state index in [0.717, 1.165) is 43.1 Å². The first kappa shape index (κ1) is 22.6. The third-order valence-corrected chi connectivity index (χ3v) is 7.15. The quantitative estimate of drug-likeness (QED) is 0.442. The highest BCUT2D eigenvalue weighted by molar-refractivity contribution is 6.04. The number of carboxylic acid groups (broad SMARTS) is 1. The molecule has 1 amide bonds. The maximum absolute atomic E-state index is 13.2. The Morgan fingerprint density at radius 2 is 1.69 bits per heavy atom. The Labute approximate surface area is 190 Å². The summed E-state index contributed by atoms with van der Waals surface area (Å²) in [6.45, 7) is 0. The number of imidazole rings is 1. The van der Waals surface area contributed by atoms with Crippen LogP contribution >= 0.6 is 0 Å². The van der Waals surface area contributed by atoms with E-state index in [1.54, 1.807) is 12.1 Å². The molecule has 4 rings (SSSR count). The number of aromatic nitrogens is 2. The smallest absolute Gasteiger partial charge is 0.335 e. The first-order chi connectivity index (χ1) is 15.6. The van der Waals surface area contributed by atoms with E-state index in [2.05, 4.69) is 10.3 Å². The number of aromatic amines is 1. The van der Waals surface area contributed by atoms with Gasteiger partial charge in [0.15, 0.2) is 0 Å². The third kappa shape index (κ3) is 5.78. The number of nitrogens with zero attached hydrogens (tertiary/aromatic N) is 1. The molecule has 0 saturated heterocycles. The van der Waals surface area contributed by atoms with Gasteiger partial charge in [-0.25, -0.2) is 9.78 Å². The van der Waals surface area contributed by atoms with Crippen molar-refractivity contribution >= 4 is 17.6 Å². The highest BCUT2D eigenvalue weighted by Gasteiger charge is 2.25. The summed E-state index contributed by atoms with van der Waals surface area (Å²) in [5.74, 6) is 0.801. The number of hydrogen-bond acceptors (Lipinski definition) is 3. The maximum atomic E-state index is 13.2. The van der Waals surface area contributed by atoms with Gasteiger partial charge in [0.25, 0.3) is 5.91 Å². The molecule has 2 fully saturated rings. The lowest BCUT2D eigenvalue weighted by molar-refractivity contribution is 0.0696. The fourth-order valence-corrected chi connectivity index (χ4v) is 5.29. The molecule has 0 spiro atoms. The fourth-order valence-electron chi connectivity index (χ4n) is 5.29. The Morgan fingerprint density at radius 1 is 1.00 bits per heavy atom. The van der Waals surface area contributed by atoms with Crippen molar-refractivity contribution in [2.45, 2.75) is 89.4 Å². The number of aromatic carboxylic acids is 1. The van der Waals surface area contributed by atoms with Gasteiger partial charge in [-0.1, -0.05) is 63.9 Å². The van der Waals surface area contributed by atoms with E-state index in [4.69, 9.17) is 4.98 Å². The van der Waals surface area contributed by atoms with Gasteiger partial charge in [0.05, 0.1) is 5.56 Å². The van der Waals surface area contributed by atoms with E-state index in [1.807, 2.05) is 0 Å². The lowest BCUT2D eigenvalue weighted by atomic mass is 9.89. The zero-order chi connectivity index (χ0) is 22.3. The van der Waals surface area contributed by atoms with Crippen molar-refractivity contribution in [2.75, 3.05) is 5.32 Å². The van der Waals surface area contributed by atoms with E-state index < -0.39 is 5.97 Å². The highest BCUT2D eigenvalue weighted by Crippen LogP contribution is 2.33. The topological polar surface area (TPSA) is 95.1 Å². The number of benzene rings is 1. The van der Waals surface area contributed by atoms with Crippen molar-refractivity contribution in [3.63, 3.8) is 0 Å². The number of H-pyrrole nitrogens is 1. The van der Waals surface area contributed by atoms with Gasteiger partial charge < -0.3 is 15.4 Å². The molecule has 0 radical (unpaired) electrons. The number of hydrogen-bond donors (Lipinski definition) is 3. The molecule has 1 aromatic carbocycles. The molecule has 32 heavy (non-hydrogen) atoms. The number of rotatable bonds is 7. The monoisotopic (exact) mass is 437 g/mol. The zero-order valence-corrected chi connectivity index (χ0v) is 18.9. The van der Waals surface area contributed by atoms with E-state index in [0.29, 0.717) is 17.3 Å². The minimum absolute atomic E-state index is 0.154. The van der Waals surface area contributed by atoms with Crippen molar-refractivity contribution in [3.8, 4) is 0 Å². The lowest BCUT2D eigenvalue weighted by Gasteiger charge is -2.19. The SMILES string of the molecule is O=C(O)c1cccc(NC(=O)c2nc(C3CCCCC3)[nH]c2CCC2CCCCCC2)c1. The molecule has 0 bridgehead atoms. The van der Waals surface area contributed by atoms with Gasteiger partial charge in [-0.3, -0.25) is 4.79 Å². The van der Waals surface area contributed by atoms with Crippen LogP contribution in [0.3, 0.4) is 0 Å². The summed E-state index contributed by atoms with van der Waals surface area (Å²) < 4.78 is 0. The minimum Gasteiger partial charge on any atom is -0.478 e. The summed E-state index contributed by atoms with van der Waals surface area (Å²) in [7, 11) is 0. The molecule has 3 N–H and O–H groups in total. The number of anilines is 1. The Bertz CT molecular complexity index is 922. The Hall–Kier alpha value is -2.63. The molecule has 2 saturated carbocycles. The second kappa shape index (κ2) is 10.8. The van der Waals surface area contributed by atoms with Crippen molar-refractivity contribution < 1.29 is 14.7 Å². The fraction of sp³-hybridized carbons (Fsp3) is 0.577. The van der Waals surface area contributed by atoms with Crippen LogP contribution in [0, 0.1) is 5.92 Å². The second-order valence-corrected chi connectivity index (χ2v) is 9.52. The van der Waals surface area contributed by atoms with Gasteiger partial charge in [-0.15, -0.1) is 0 Å².